The van der Waals surface area contributed by atoms with Crippen LogP contribution in [0.4, 0.5) is 13.2 Å². The maximum Gasteiger partial charge on any atom is 0.416 e. The summed E-state index contributed by atoms with van der Waals surface area (Å²) in [5.41, 5.74) is 2.23. The molecule has 0 bridgehead atoms. The molecule has 0 saturated heterocycles. The van der Waals surface area contributed by atoms with Gasteiger partial charge >= 0.3 is 6.18 Å². The molecule has 0 radical (unpaired) electrons. The Morgan fingerprint density at radius 2 is 1.44 bits per heavy atom. The van der Waals surface area contributed by atoms with Crippen LogP contribution in [0.1, 0.15) is 16.7 Å². The summed E-state index contributed by atoms with van der Waals surface area (Å²) in [6.45, 7) is 3.46. The molecule has 0 saturated carbocycles. The van der Waals surface area contributed by atoms with Crippen molar-refractivity contribution in [1.29, 1.82) is 0 Å². The number of hydrogen-bond donors (Lipinski definition) is 0. The van der Waals surface area contributed by atoms with Gasteiger partial charge in [0.15, 0.2) is 0 Å². The van der Waals surface area contributed by atoms with Crippen LogP contribution in [0.15, 0.2) is 42.5 Å². The molecule has 0 aliphatic heterocycles. The van der Waals surface area contributed by atoms with E-state index in [-0.39, 0.29) is 5.56 Å². The predicted octanol–water partition coefficient (Wildman–Crippen LogP) is 4.99. The number of halogens is 3. The van der Waals surface area contributed by atoms with Crippen LogP contribution in [0, 0.1) is 13.8 Å². The molecule has 0 nitrogen and oxygen atoms in total. The minimum Gasteiger partial charge on any atom is -0.166 e. The maximum absolute atomic E-state index is 12.8. The molecule has 0 aliphatic carbocycles. The van der Waals surface area contributed by atoms with Crippen LogP contribution in [-0.2, 0) is 6.18 Å². The first-order chi connectivity index (χ1) is 8.39. The Balaban J connectivity index is 2.56. The zero-order valence-corrected chi connectivity index (χ0v) is 10.2. The fraction of sp³-hybridized carbons (Fsp3) is 0.200. The zero-order chi connectivity index (χ0) is 13.3. The Morgan fingerprint density at radius 3 is 2.00 bits per heavy atom. The predicted molar refractivity (Wildman–Crippen MR) is 66.4 cm³/mol. The molecule has 2 aromatic carbocycles. The van der Waals surface area contributed by atoms with Crippen LogP contribution in [0.3, 0.4) is 0 Å². The van der Waals surface area contributed by atoms with E-state index in [0.29, 0.717) is 5.56 Å². The van der Waals surface area contributed by atoms with Gasteiger partial charge in [-0.15, -0.1) is 0 Å². The van der Waals surface area contributed by atoms with Crippen LogP contribution in [0.5, 0.6) is 0 Å². The summed E-state index contributed by atoms with van der Waals surface area (Å²) in [6, 6.07) is 11.8. The van der Waals surface area contributed by atoms with Crippen LogP contribution < -0.4 is 0 Å². The third kappa shape index (κ3) is 2.40. The summed E-state index contributed by atoms with van der Waals surface area (Å²) in [6.07, 6.45) is -4.30. The third-order valence-electron chi connectivity index (χ3n) is 3.00. The SMILES string of the molecule is Cc1ccc(-c2cccc(C(F)(F)F)c2C)cc1. The molecule has 0 amide bonds. The average molecular weight is 250 g/mol. The van der Waals surface area contributed by atoms with Gasteiger partial charge in [-0.05, 0) is 36.6 Å². The molecule has 18 heavy (non-hydrogen) atoms. The van der Waals surface area contributed by atoms with Gasteiger partial charge in [-0.25, -0.2) is 0 Å². The third-order valence-corrected chi connectivity index (χ3v) is 3.00. The minimum atomic E-state index is -4.30. The van der Waals surface area contributed by atoms with Crippen molar-refractivity contribution < 1.29 is 13.2 Å². The summed E-state index contributed by atoms with van der Waals surface area (Å²) in [5, 5.41) is 0. The largest absolute Gasteiger partial charge is 0.416 e. The van der Waals surface area contributed by atoms with Gasteiger partial charge in [0.2, 0.25) is 0 Å². The van der Waals surface area contributed by atoms with Crippen LogP contribution in [-0.4, -0.2) is 0 Å². The number of aryl methyl sites for hydroxylation is 1. The molecule has 0 spiro atoms. The molecular formula is C15H13F3. The van der Waals surface area contributed by atoms with E-state index in [1.165, 1.54) is 13.0 Å². The van der Waals surface area contributed by atoms with Crippen molar-refractivity contribution in [1.82, 2.24) is 0 Å². The minimum absolute atomic E-state index is 0.272. The molecule has 3 heteroatoms. The summed E-state index contributed by atoms with van der Waals surface area (Å²) in [5.74, 6) is 0. The lowest BCUT2D eigenvalue weighted by molar-refractivity contribution is -0.138. The molecule has 0 unspecified atom stereocenters. The van der Waals surface area contributed by atoms with Gasteiger partial charge in [-0.2, -0.15) is 13.2 Å². The van der Waals surface area contributed by atoms with E-state index in [0.717, 1.165) is 17.2 Å². The molecule has 0 aromatic heterocycles. The Bertz CT molecular complexity index is 551. The second-order valence-electron chi connectivity index (χ2n) is 4.34. The van der Waals surface area contributed by atoms with Crippen LogP contribution in [0.2, 0.25) is 0 Å². The Hall–Kier alpha value is -1.77. The fourth-order valence-corrected chi connectivity index (χ4v) is 1.99. The molecular weight excluding hydrogens is 237 g/mol. The molecule has 0 aliphatic rings. The van der Waals surface area contributed by atoms with Crippen molar-refractivity contribution in [2.75, 3.05) is 0 Å². The van der Waals surface area contributed by atoms with E-state index in [2.05, 4.69) is 0 Å². The molecule has 0 fully saturated rings. The maximum atomic E-state index is 12.8. The zero-order valence-electron chi connectivity index (χ0n) is 10.2. The first kappa shape index (κ1) is 12.7. The van der Waals surface area contributed by atoms with Crippen molar-refractivity contribution in [3.63, 3.8) is 0 Å². The van der Waals surface area contributed by atoms with Crippen molar-refractivity contribution >= 4 is 0 Å². The average Bonchev–Trinajstić information content (AvgIpc) is 2.29. The number of rotatable bonds is 1. The number of alkyl halides is 3. The van der Waals surface area contributed by atoms with E-state index in [4.69, 9.17) is 0 Å². The lowest BCUT2D eigenvalue weighted by atomic mass is 9.96. The summed E-state index contributed by atoms with van der Waals surface area (Å²) >= 11 is 0. The number of benzene rings is 2. The second kappa shape index (κ2) is 4.48. The molecule has 2 aromatic rings. The molecule has 94 valence electrons. The Kier molecular flexibility index (Phi) is 3.16. The molecule has 0 heterocycles. The van der Waals surface area contributed by atoms with Crippen LogP contribution in [0.25, 0.3) is 11.1 Å². The van der Waals surface area contributed by atoms with Crippen molar-refractivity contribution in [3.8, 4) is 11.1 Å². The summed E-state index contributed by atoms with van der Waals surface area (Å²) in [7, 11) is 0. The normalized spacial score (nSPS) is 11.6. The lowest BCUT2D eigenvalue weighted by Crippen LogP contribution is -2.07. The molecule has 0 atom stereocenters. The highest BCUT2D eigenvalue weighted by Gasteiger charge is 2.32. The van der Waals surface area contributed by atoms with E-state index in [1.54, 1.807) is 6.07 Å². The highest BCUT2D eigenvalue weighted by Crippen LogP contribution is 2.36. The first-order valence-electron chi connectivity index (χ1n) is 5.63. The van der Waals surface area contributed by atoms with Gasteiger partial charge in [0.05, 0.1) is 5.56 Å². The first-order valence-corrected chi connectivity index (χ1v) is 5.63. The Morgan fingerprint density at radius 1 is 0.833 bits per heavy atom. The quantitative estimate of drug-likeness (QED) is 0.669. The van der Waals surface area contributed by atoms with Gasteiger partial charge in [0, 0.05) is 0 Å². The van der Waals surface area contributed by atoms with E-state index in [1.807, 2.05) is 31.2 Å². The standard InChI is InChI=1S/C15H13F3/c1-10-6-8-12(9-7-10)13-4-3-5-14(11(13)2)15(16,17)18/h3-9H,1-2H3. The molecule has 0 N–H and O–H groups in total. The summed E-state index contributed by atoms with van der Waals surface area (Å²) in [4.78, 5) is 0. The van der Waals surface area contributed by atoms with Crippen LogP contribution >= 0.6 is 0 Å². The topological polar surface area (TPSA) is 0 Å². The van der Waals surface area contributed by atoms with Gasteiger partial charge in [0.25, 0.3) is 0 Å². The van der Waals surface area contributed by atoms with E-state index in [9.17, 15) is 13.2 Å². The van der Waals surface area contributed by atoms with E-state index >= 15 is 0 Å². The van der Waals surface area contributed by atoms with Gasteiger partial charge < -0.3 is 0 Å². The van der Waals surface area contributed by atoms with Crippen molar-refractivity contribution in [2.45, 2.75) is 20.0 Å². The van der Waals surface area contributed by atoms with Gasteiger partial charge in [-0.3, -0.25) is 0 Å². The van der Waals surface area contributed by atoms with Gasteiger partial charge in [-0.1, -0.05) is 42.0 Å². The lowest BCUT2D eigenvalue weighted by Gasteiger charge is -2.14. The van der Waals surface area contributed by atoms with Crippen molar-refractivity contribution in [3.05, 3.63) is 59.2 Å². The smallest absolute Gasteiger partial charge is 0.166 e. The summed E-state index contributed by atoms with van der Waals surface area (Å²) < 4.78 is 38.4. The number of hydrogen-bond acceptors (Lipinski definition) is 0. The highest BCUT2D eigenvalue weighted by molar-refractivity contribution is 5.68. The Labute approximate surface area is 104 Å². The fourth-order valence-electron chi connectivity index (χ4n) is 1.99. The molecule has 2 rings (SSSR count). The highest BCUT2D eigenvalue weighted by atomic mass is 19.4. The second-order valence-corrected chi connectivity index (χ2v) is 4.34. The van der Waals surface area contributed by atoms with E-state index < -0.39 is 11.7 Å². The monoisotopic (exact) mass is 250 g/mol. The van der Waals surface area contributed by atoms with Crippen molar-refractivity contribution in [2.24, 2.45) is 0 Å². The van der Waals surface area contributed by atoms with Gasteiger partial charge in [0.1, 0.15) is 0 Å².